The minimum absolute atomic E-state index is 0.254. The number of halogens is 4. The van der Waals surface area contributed by atoms with E-state index in [9.17, 15) is 13.2 Å². The van der Waals surface area contributed by atoms with Gasteiger partial charge in [-0.3, -0.25) is 0 Å². The Labute approximate surface area is 95.5 Å². The maximum absolute atomic E-state index is 11.9. The zero-order valence-corrected chi connectivity index (χ0v) is 8.85. The van der Waals surface area contributed by atoms with Crippen LogP contribution in [-0.4, -0.2) is 12.2 Å². The van der Waals surface area contributed by atoms with Crippen molar-refractivity contribution in [3.63, 3.8) is 0 Å². The highest BCUT2D eigenvalue weighted by Crippen LogP contribution is 2.26. The van der Waals surface area contributed by atoms with Crippen LogP contribution in [0.5, 0.6) is 5.75 Å². The lowest BCUT2D eigenvalue weighted by molar-refractivity contribution is -0.274. The summed E-state index contributed by atoms with van der Waals surface area (Å²) < 4.78 is 39.6. The van der Waals surface area contributed by atoms with Crippen LogP contribution in [0.2, 0.25) is 0 Å². The van der Waals surface area contributed by atoms with Crippen molar-refractivity contribution >= 4 is 23.4 Å². The third-order valence-corrected chi connectivity index (χ3v) is 1.86. The van der Waals surface area contributed by atoms with Gasteiger partial charge in [0.25, 0.3) is 0 Å². The Kier molecular flexibility index (Phi) is 4.06. The fraction of sp³-hybridized carbons (Fsp3) is 0.200. The van der Waals surface area contributed by atoms with E-state index >= 15 is 0 Å². The van der Waals surface area contributed by atoms with Gasteiger partial charge in [0.05, 0.1) is 0 Å². The Morgan fingerprint density at radius 2 is 2.06 bits per heavy atom. The second kappa shape index (κ2) is 5.12. The molecule has 0 aromatic heterocycles. The zero-order chi connectivity index (χ0) is 12.2. The lowest BCUT2D eigenvalue weighted by atomic mass is 10.1. The summed E-state index contributed by atoms with van der Waals surface area (Å²) in [7, 11) is 0. The number of hydrogen-bond acceptors (Lipinski definition) is 2. The summed E-state index contributed by atoms with van der Waals surface area (Å²) in [5.41, 5.74) is 6.35. The molecule has 0 amide bonds. The van der Waals surface area contributed by atoms with Gasteiger partial charge in [-0.25, -0.2) is 0 Å². The molecular formula is C10H9ClF3NO. The van der Waals surface area contributed by atoms with Crippen LogP contribution in [0.3, 0.4) is 0 Å². The van der Waals surface area contributed by atoms with Crippen molar-refractivity contribution in [2.75, 3.05) is 11.6 Å². The minimum atomic E-state index is -4.70. The molecule has 0 aliphatic rings. The first-order chi connectivity index (χ1) is 7.42. The van der Waals surface area contributed by atoms with E-state index in [0.29, 0.717) is 11.3 Å². The Morgan fingerprint density at radius 3 is 2.62 bits per heavy atom. The quantitative estimate of drug-likeness (QED) is 0.660. The maximum Gasteiger partial charge on any atom is 0.573 e. The topological polar surface area (TPSA) is 35.2 Å². The van der Waals surface area contributed by atoms with Crippen LogP contribution >= 0.6 is 11.6 Å². The highest BCUT2D eigenvalue weighted by Gasteiger charge is 2.31. The molecule has 0 unspecified atom stereocenters. The Balaban J connectivity index is 2.94. The summed E-state index contributed by atoms with van der Waals surface area (Å²) in [6.07, 6.45) is -1.60. The molecule has 0 fully saturated rings. The molecule has 2 N–H and O–H groups in total. The van der Waals surface area contributed by atoms with E-state index in [-0.39, 0.29) is 11.6 Å². The number of anilines is 1. The second-order valence-corrected chi connectivity index (χ2v) is 3.20. The molecule has 1 aromatic rings. The molecule has 0 saturated heterocycles. The smallest absolute Gasteiger partial charge is 0.406 e. The fourth-order valence-electron chi connectivity index (χ4n) is 1.07. The van der Waals surface area contributed by atoms with Gasteiger partial charge in [-0.05, 0) is 18.2 Å². The van der Waals surface area contributed by atoms with Crippen molar-refractivity contribution in [1.82, 2.24) is 0 Å². The van der Waals surface area contributed by atoms with E-state index in [1.165, 1.54) is 18.2 Å². The lowest BCUT2D eigenvalue weighted by Crippen LogP contribution is -2.17. The average Bonchev–Trinajstić information content (AvgIpc) is 2.17. The predicted molar refractivity (Wildman–Crippen MR) is 57.3 cm³/mol. The SMILES string of the molecule is Nc1ccc(OC(F)(F)F)cc1C=CCCl. The van der Waals surface area contributed by atoms with Gasteiger partial charge in [0.1, 0.15) is 5.75 Å². The molecule has 0 aliphatic carbocycles. The van der Waals surface area contributed by atoms with Crippen molar-refractivity contribution in [3.8, 4) is 5.75 Å². The Hall–Kier alpha value is -1.36. The number of nitrogen functional groups attached to an aromatic ring is 1. The molecule has 0 heterocycles. The van der Waals surface area contributed by atoms with E-state index in [0.717, 1.165) is 6.07 Å². The summed E-state index contributed by atoms with van der Waals surface area (Å²) in [6.45, 7) is 0. The summed E-state index contributed by atoms with van der Waals surface area (Å²) in [6, 6.07) is 3.70. The van der Waals surface area contributed by atoms with Crippen LogP contribution in [0.1, 0.15) is 5.56 Å². The molecule has 16 heavy (non-hydrogen) atoms. The molecule has 88 valence electrons. The first-order valence-corrected chi connectivity index (χ1v) is 4.83. The molecule has 0 aliphatic heterocycles. The number of rotatable bonds is 3. The number of allylic oxidation sites excluding steroid dienone is 1. The van der Waals surface area contributed by atoms with Crippen LogP contribution in [-0.2, 0) is 0 Å². The normalized spacial score (nSPS) is 12.0. The van der Waals surface area contributed by atoms with E-state index < -0.39 is 6.36 Å². The zero-order valence-electron chi connectivity index (χ0n) is 8.09. The van der Waals surface area contributed by atoms with Crippen molar-refractivity contribution < 1.29 is 17.9 Å². The standard InChI is InChI=1S/C10H9ClF3NO/c11-5-1-2-7-6-8(3-4-9(7)15)16-10(12,13)14/h1-4,6H,5,15H2. The number of ether oxygens (including phenoxy) is 1. The van der Waals surface area contributed by atoms with Gasteiger partial charge in [0.15, 0.2) is 0 Å². The number of nitrogens with two attached hydrogens (primary N) is 1. The molecule has 0 saturated carbocycles. The average molecular weight is 252 g/mol. The predicted octanol–water partition coefficient (Wildman–Crippen LogP) is 3.42. The van der Waals surface area contributed by atoms with Crippen LogP contribution in [0.15, 0.2) is 24.3 Å². The molecule has 0 spiro atoms. The van der Waals surface area contributed by atoms with Gasteiger partial charge >= 0.3 is 6.36 Å². The number of hydrogen-bond donors (Lipinski definition) is 1. The maximum atomic E-state index is 11.9. The highest BCUT2D eigenvalue weighted by molar-refractivity contribution is 6.19. The first kappa shape index (κ1) is 12.7. The van der Waals surface area contributed by atoms with Gasteiger partial charge in [-0.1, -0.05) is 12.2 Å². The third-order valence-electron chi connectivity index (χ3n) is 1.68. The summed E-state index contributed by atoms with van der Waals surface area (Å²) in [5.74, 6) is -0.0556. The van der Waals surface area contributed by atoms with Gasteiger partial charge in [-0.2, -0.15) is 0 Å². The van der Waals surface area contributed by atoms with E-state index in [1.54, 1.807) is 6.08 Å². The van der Waals surface area contributed by atoms with Crippen LogP contribution in [0, 0.1) is 0 Å². The van der Waals surface area contributed by atoms with Crippen molar-refractivity contribution in [2.24, 2.45) is 0 Å². The minimum Gasteiger partial charge on any atom is -0.406 e. The molecule has 6 heteroatoms. The molecule has 2 nitrogen and oxygen atoms in total. The van der Waals surface area contributed by atoms with Crippen LogP contribution in [0.25, 0.3) is 6.08 Å². The van der Waals surface area contributed by atoms with Crippen LogP contribution in [0.4, 0.5) is 18.9 Å². The summed E-state index contributed by atoms with van der Waals surface area (Å²) >= 11 is 5.41. The largest absolute Gasteiger partial charge is 0.573 e. The number of alkyl halides is 4. The molecule has 1 rings (SSSR count). The third kappa shape index (κ3) is 4.02. The summed E-state index contributed by atoms with van der Waals surface area (Å²) in [4.78, 5) is 0. The van der Waals surface area contributed by atoms with E-state index in [2.05, 4.69) is 4.74 Å². The van der Waals surface area contributed by atoms with E-state index in [1.807, 2.05) is 0 Å². The van der Waals surface area contributed by atoms with Crippen LogP contribution < -0.4 is 10.5 Å². The molecule has 0 atom stereocenters. The molecule has 1 aromatic carbocycles. The fourth-order valence-corrected chi connectivity index (χ4v) is 1.15. The van der Waals surface area contributed by atoms with Crippen molar-refractivity contribution in [1.29, 1.82) is 0 Å². The van der Waals surface area contributed by atoms with Crippen molar-refractivity contribution in [2.45, 2.75) is 6.36 Å². The van der Waals surface area contributed by atoms with Gasteiger partial charge < -0.3 is 10.5 Å². The molecule has 0 radical (unpaired) electrons. The Morgan fingerprint density at radius 1 is 1.38 bits per heavy atom. The first-order valence-electron chi connectivity index (χ1n) is 4.30. The molecule has 0 bridgehead atoms. The lowest BCUT2D eigenvalue weighted by Gasteiger charge is -2.10. The number of benzene rings is 1. The van der Waals surface area contributed by atoms with E-state index in [4.69, 9.17) is 17.3 Å². The Bertz CT molecular complexity index is 390. The van der Waals surface area contributed by atoms with Gasteiger partial charge in [-0.15, -0.1) is 24.8 Å². The highest BCUT2D eigenvalue weighted by atomic mass is 35.5. The van der Waals surface area contributed by atoms with Gasteiger partial charge in [0, 0.05) is 17.1 Å². The van der Waals surface area contributed by atoms with Crippen molar-refractivity contribution in [3.05, 3.63) is 29.8 Å². The van der Waals surface area contributed by atoms with Gasteiger partial charge in [0.2, 0.25) is 0 Å². The monoisotopic (exact) mass is 251 g/mol. The summed E-state index contributed by atoms with van der Waals surface area (Å²) in [5, 5.41) is 0. The molecular weight excluding hydrogens is 243 g/mol. The second-order valence-electron chi connectivity index (χ2n) is 2.90.